The number of aromatic nitrogens is 2. The average molecular weight is 368 g/mol. The van der Waals surface area contributed by atoms with Crippen molar-refractivity contribution in [3.05, 3.63) is 47.3 Å². The molecular weight excluding hydrogens is 348 g/mol. The molecule has 6 nitrogen and oxygen atoms in total. The van der Waals surface area contributed by atoms with Gasteiger partial charge in [-0.3, -0.25) is 15.1 Å². The number of morpholine rings is 1. The fraction of sp³-hybridized carbons (Fsp3) is 0.316. The number of pyridine rings is 1. The van der Waals surface area contributed by atoms with Crippen molar-refractivity contribution in [1.82, 2.24) is 9.97 Å². The summed E-state index contributed by atoms with van der Waals surface area (Å²) in [6.07, 6.45) is 3.37. The predicted octanol–water partition coefficient (Wildman–Crippen LogP) is 3.40. The van der Waals surface area contributed by atoms with E-state index in [0.29, 0.717) is 23.9 Å². The number of rotatable bonds is 3. The molecule has 1 aliphatic rings. The van der Waals surface area contributed by atoms with Gasteiger partial charge < -0.3 is 9.64 Å². The van der Waals surface area contributed by atoms with Gasteiger partial charge >= 0.3 is 0 Å². The topological polar surface area (TPSA) is 67.4 Å². The number of nitrogens with one attached hydrogen (secondary N) is 1. The van der Waals surface area contributed by atoms with Gasteiger partial charge in [-0.1, -0.05) is 17.4 Å². The molecule has 0 radical (unpaired) electrons. The first-order valence-electron chi connectivity index (χ1n) is 8.57. The summed E-state index contributed by atoms with van der Waals surface area (Å²) in [5, 5.41) is 3.52. The summed E-state index contributed by atoms with van der Waals surface area (Å²) in [5.41, 5.74) is 4.72. The predicted molar refractivity (Wildman–Crippen MR) is 104 cm³/mol. The lowest BCUT2D eigenvalue weighted by molar-refractivity contribution is 0.102. The van der Waals surface area contributed by atoms with Gasteiger partial charge in [0.1, 0.15) is 0 Å². The molecule has 4 rings (SSSR count). The summed E-state index contributed by atoms with van der Waals surface area (Å²) < 4.78 is 6.46. The number of anilines is 2. The molecule has 1 aromatic carbocycles. The Labute approximate surface area is 155 Å². The second-order valence-corrected chi connectivity index (χ2v) is 7.46. The molecule has 3 heterocycles. The number of carbonyl (C=O) groups excluding carboxylic acids is 1. The zero-order valence-electron chi connectivity index (χ0n) is 14.8. The smallest absolute Gasteiger partial charge is 0.259 e. The molecule has 0 unspecified atom stereocenters. The fourth-order valence-corrected chi connectivity index (χ4v) is 4.18. The normalized spacial score (nSPS) is 14.6. The van der Waals surface area contributed by atoms with E-state index in [0.717, 1.165) is 34.6 Å². The first-order chi connectivity index (χ1) is 12.6. The van der Waals surface area contributed by atoms with Gasteiger partial charge in [0.15, 0.2) is 5.13 Å². The number of hydrogen-bond acceptors (Lipinski definition) is 6. The lowest BCUT2D eigenvalue weighted by Gasteiger charge is -2.28. The van der Waals surface area contributed by atoms with Crippen LogP contribution in [0.5, 0.6) is 0 Å². The summed E-state index contributed by atoms with van der Waals surface area (Å²) in [6, 6.07) is 6.07. The van der Waals surface area contributed by atoms with Crippen LogP contribution >= 0.6 is 11.3 Å². The highest BCUT2D eigenvalue weighted by Crippen LogP contribution is 2.29. The van der Waals surface area contributed by atoms with E-state index in [2.05, 4.69) is 39.2 Å². The molecule has 1 amide bonds. The summed E-state index contributed by atoms with van der Waals surface area (Å²) in [5.74, 6) is -0.193. The first kappa shape index (κ1) is 16.9. The van der Waals surface area contributed by atoms with E-state index in [9.17, 15) is 4.79 Å². The number of hydrogen-bond donors (Lipinski definition) is 1. The molecular formula is C19H20N4O2S. The third kappa shape index (κ3) is 3.40. The van der Waals surface area contributed by atoms with Crippen molar-refractivity contribution in [1.29, 1.82) is 0 Å². The molecule has 2 aromatic heterocycles. The third-order valence-corrected chi connectivity index (χ3v) is 5.33. The van der Waals surface area contributed by atoms with Crippen molar-refractivity contribution >= 4 is 38.3 Å². The Morgan fingerprint density at radius 3 is 2.81 bits per heavy atom. The molecule has 0 bridgehead atoms. The van der Waals surface area contributed by atoms with E-state index in [-0.39, 0.29) is 5.91 Å². The lowest BCUT2D eigenvalue weighted by Crippen LogP contribution is -2.36. The van der Waals surface area contributed by atoms with Crippen molar-refractivity contribution in [3.63, 3.8) is 0 Å². The van der Waals surface area contributed by atoms with Crippen LogP contribution in [0.4, 0.5) is 10.8 Å². The summed E-state index contributed by atoms with van der Waals surface area (Å²) in [4.78, 5) is 23.6. The largest absolute Gasteiger partial charge is 0.378 e. The molecule has 0 aliphatic carbocycles. The van der Waals surface area contributed by atoms with E-state index in [1.807, 2.05) is 13.0 Å². The minimum atomic E-state index is -0.193. The van der Waals surface area contributed by atoms with Crippen molar-refractivity contribution in [2.45, 2.75) is 13.8 Å². The molecule has 1 aliphatic heterocycles. The Hall–Kier alpha value is -2.51. The zero-order valence-corrected chi connectivity index (χ0v) is 15.6. The van der Waals surface area contributed by atoms with Crippen LogP contribution < -0.4 is 10.2 Å². The number of fused-ring (bicyclic) bond motifs is 1. The maximum absolute atomic E-state index is 12.7. The van der Waals surface area contributed by atoms with Gasteiger partial charge in [0, 0.05) is 19.3 Å². The number of ether oxygens (including phenoxy) is 1. The standard InChI is InChI=1S/C19H20N4O2S/c1-12-7-13(2)17-16(8-12)26-19(21-17)22-18(24)14-9-15(11-20-10-14)23-3-5-25-6-4-23/h7-11H,3-6H2,1-2H3,(H,21,22,24). The number of thiazole rings is 1. The van der Waals surface area contributed by atoms with Crippen molar-refractivity contribution in [2.24, 2.45) is 0 Å². The number of nitrogens with zero attached hydrogens (tertiary/aromatic N) is 3. The van der Waals surface area contributed by atoms with Gasteiger partial charge in [0.2, 0.25) is 0 Å². The highest BCUT2D eigenvalue weighted by molar-refractivity contribution is 7.22. The number of aryl methyl sites for hydroxylation is 2. The van der Waals surface area contributed by atoms with Crippen molar-refractivity contribution in [2.75, 3.05) is 36.5 Å². The fourth-order valence-electron chi connectivity index (χ4n) is 3.14. The maximum Gasteiger partial charge on any atom is 0.259 e. The molecule has 3 aromatic rings. The minimum absolute atomic E-state index is 0.193. The minimum Gasteiger partial charge on any atom is -0.378 e. The molecule has 0 saturated carbocycles. The SMILES string of the molecule is Cc1cc(C)c2nc(NC(=O)c3cncc(N4CCOCC4)c3)sc2c1. The molecule has 1 fully saturated rings. The monoisotopic (exact) mass is 368 g/mol. The quantitative estimate of drug-likeness (QED) is 0.767. The number of carbonyl (C=O) groups is 1. The van der Waals surface area contributed by atoms with Crippen LogP contribution in [0, 0.1) is 13.8 Å². The van der Waals surface area contributed by atoms with Crippen LogP contribution in [-0.4, -0.2) is 42.2 Å². The Kier molecular flexibility index (Phi) is 4.57. The zero-order chi connectivity index (χ0) is 18.1. The van der Waals surface area contributed by atoms with Gasteiger partial charge in [0.25, 0.3) is 5.91 Å². The van der Waals surface area contributed by atoms with Gasteiger partial charge in [-0.25, -0.2) is 4.98 Å². The van der Waals surface area contributed by atoms with Crippen LogP contribution in [-0.2, 0) is 4.74 Å². The van der Waals surface area contributed by atoms with Crippen molar-refractivity contribution < 1.29 is 9.53 Å². The van der Waals surface area contributed by atoms with Gasteiger partial charge in [-0.15, -0.1) is 0 Å². The Bertz CT molecular complexity index is 963. The first-order valence-corrected chi connectivity index (χ1v) is 9.39. The second kappa shape index (κ2) is 7.01. The van der Waals surface area contributed by atoms with E-state index in [1.165, 1.54) is 16.9 Å². The number of amides is 1. The molecule has 134 valence electrons. The maximum atomic E-state index is 12.7. The molecule has 1 saturated heterocycles. The van der Waals surface area contributed by atoms with Crippen LogP contribution in [0.3, 0.4) is 0 Å². The van der Waals surface area contributed by atoms with Crippen LogP contribution in [0.1, 0.15) is 21.5 Å². The third-order valence-electron chi connectivity index (χ3n) is 4.41. The highest BCUT2D eigenvalue weighted by Gasteiger charge is 2.15. The Morgan fingerprint density at radius 2 is 2.00 bits per heavy atom. The Morgan fingerprint density at radius 1 is 1.19 bits per heavy atom. The molecule has 0 atom stereocenters. The van der Waals surface area contributed by atoms with Gasteiger partial charge in [-0.2, -0.15) is 0 Å². The van der Waals surface area contributed by atoms with Gasteiger partial charge in [0.05, 0.1) is 40.9 Å². The van der Waals surface area contributed by atoms with Gasteiger partial charge in [-0.05, 0) is 37.1 Å². The van der Waals surface area contributed by atoms with E-state index in [1.54, 1.807) is 12.4 Å². The van der Waals surface area contributed by atoms with Crippen LogP contribution in [0.2, 0.25) is 0 Å². The molecule has 7 heteroatoms. The molecule has 26 heavy (non-hydrogen) atoms. The van der Waals surface area contributed by atoms with E-state index < -0.39 is 0 Å². The number of benzene rings is 1. The van der Waals surface area contributed by atoms with Crippen molar-refractivity contribution in [3.8, 4) is 0 Å². The molecule has 1 N–H and O–H groups in total. The summed E-state index contributed by atoms with van der Waals surface area (Å²) in [7, 11) is 0. The summed E-state index contributed by atoms with van der Waals surface area (Å²) >= 11 is 1.49. The van der Waals surface area contributed by atoms with E-state index in [4.69, 9.17) is 4.74 Å². The van der Waals surface area contributed by atoms with Crippen LogP contribution in [0.25, 0.3) is 10.2 Å². The lowest BCUT2D eigenvalue weighted by atomic mass is 10.1. The second-order valence-electron chi connectivity index (χ2n) is 6.43. The van der Waals surface area contributed by atoms with E-state index >= 15 is 0 Å². The summed E-state index contributed by atoms with van der Waals surface area (Å²) in [6.45, 7) is 7.11. The average Bonchev–Trinajstić information content (AvgIpc) is 3.05. The van der Waals surface area contributed by atoms with Crippen LogP contribution in [0.15, 0.2) is 30.6 Å². The Balaban J connectivity index is 1.55. The molecule has 0 spiro atoms. The highest BCUT2D eigenvalue weighted by atomic mass is 32.1.